The third-order valence-electron chi connectivity index (χ3n) is 8.14. The summed E-state index contributed by atoms with van der Waals surface area (Å²) >= 11 is 1.54. The Hall–Kier alpha value is -3.02. The number of ether oxygens (including phenoxy) is 5. The molecule has 0 spiro atoms. The summed E-state index contributed by atoms with van der Waals surface area (Å²) in [7, 11) is 5.10. The molecule has 262 valence electrons. The molecule has 1 heterocycles. The van der Waals surface area contributed by atoms with Gasteiger partial charge in [0.15, 0.2) is 6.29 Å². The third-order valence-corrected chi connectivity index (χ3v) is 12.0. The average molecular weight is 707 g/mol. The second-order valence-corrected chi connectivity index (χ2v) is 16.2. The molecule has 0 radical (unpaired) electrons. The molecule has 1 saturated heterocycles. The largest absolute Gasteiger partial charge is 0.497 e. The molecule has 5 atom stereocenters. The SMILES string of the molecule is COc1ccc(S[C@H]2[C@@H](OP(=O)(N(C)C)N(C)C)O[C@H](COCc3ccccc3)[C@@H](OCc3ccccc3)[C@@H]2OCc2ccccc2)cc1. The molecule has 49 heavy (non-hydrogen) atoms. The maximum atomic E-state index is 14.4. The molecule has 0 aliphatic carbocycles. The predicted molar refractivity (Wildman–Crippen MR) is 194 cm³/mol. The van der Waals surface area contributed by atoms with Crippen molar-refractivity contribution in [1.29, 1.82) is 0 Å². The first-order valence-electron chi connectivity index (χ1n) is 16.3. The predicted octanol–water partition coefficient (Wildman–Crippen LogP) is 7.52. The molecule has 11 heteroatoms. The summed E-state index contributed by atoms with van der Waals surface area (Å²) in [5, 5.41) is -0.489. The number of rotatable bonds is 17. The fourth-order valence-electron chi connectivity index (χ4n) is 5.51. The lowest BCUT2D eigenvalue weighted by atomic mass is 10.00. The van der Waals surface area contributed by atoms with Crippen molar-refractivity contribution >= 4 is 19.4 Å². The fraction of sp³-hybridized carbons (Fsp3) is 0.368. The summed E-state index contributed by atoms with van der Waals surface area (Å²) in [6.45, 7) is 1.27. The van der Waals surface area contributed by atoms with Gasteiger partial charge in [0.25, 0.3) is 0 Å². The molecule has 9 nitrogen and oxygen atoms in total. The lowest BCUT2D eigenvalue weighted by molar-refractivity contribution is -0.255. The summed E-state index contributed by atoms with van der Waals surface area (Å²) in [6, 6.07) is 37.9. The maximum Gasteiger partial charge on any atom is 0.347 e. The van der Waals surface area contributed by atoms with E-state index < -0.39 is 37.5 Å². The number of hydrogen-bond acceptors (Lipinski definition) is 8. The number of thioether (sulfide) groups is 1. The van der Waals surface area contributed by atoms with Gasteiger partial charge in [-0.2, -0.15) is 0 Å². The van der Waals surface area contributed by atoms with Gasteiger partial charge in [-0.15, -0.1) is 11.8 Å². The number of benzene rings is 4. The molecule has 5 rings (SSSR count). The van der Waals surface area contributed by atoms with E-state index >= 15 is 0 Å². The van der Waals surface area contributed by atoms with Crippen molar-refractivity contribution in [3.05, 3.63) is 132 Å². The summed E-state index contributed by atoms with van der Waals surface area (Å²) < 4.78 is 56.3. The van der Waals surface area contributed by atoms with Crippen LogP contribution in [-0.2, 0) is 47.9 Å². The third kappa shape index (κ3) is 10.3. The van der Waals surface area contributed by atoms with Gasteiger partial charge in [-0.05, 0) is 69.1 Å². The van der Waals surface area contributed by atoms with Crippen LogP contribution in [0.25, 0.3) is 0 Å². The van der Waals surface area contributed by atoms with E-state index in [1.165, 1.54) is 11.8 Å². The molecular weight excluding hydrogens is 659 g/mol. The molecule has 0 aromatic heterocycles. The first-order valence-corrected chi connectivity index (χ1v) is 18.7. The van der Waals surface area contributed by atoms with Crippen LogP contribution in [0.15, 0.2) is 120 Å². The van der Waals surface area contributed by atoms with Gasteiger partial charge in [-0.3, -0.25) is 9.09 Å². The second-order valence-electron chi connectivity index (χ2n) is 12.1. The van der Waals surface area contributed by atoms with Crippen LogP contribution >= 0.6 is 19.4 Å². The van der Waals surface area contributed by atoms with Gasteiger partial charge in [0.05, 0.1) is 38.8 Å². The highest BCUT2D eigenvalue weighted by Gasteiger charge is 2.51. The Kier molecular flexibility index (Phi) is 13.9. The van der Waals surface area contributed by atoms with Gasteiger partial charge in [-0.25, -0.2) is 9.34 Å². The summed E-state index contributed by atoms with van der Waals surface area (Å²) in [4.78, 5) is 0.946. The maximum absolute atomic E-state index is 14.4. The lowest BCUT2D eigenvalue weighted by Crippen LogP contribution is -2.60. The van der Waals surface area contributed by atoms with Gasteiger partial charge in [-0.1, -0.05) is 91.0 Å². The molecule has 1 fully saturated rings. The van der Waals surface area contributed by atoms with Crippen LogP contribution in [0, 0.1) is 0 Å². The first kappa shape index (κ1) is 37.2. The standard InChI is InChI=1S/C38H47N2O7PS/c1-39(2)48(41,40(3)4)47-38-37(49-33-23-21-32(42-5)22-24-33)36(45-27-31-19-13-8-14-20-31)35(44-26-30-17-11-7-12-18-30)34(46-38)28-43-25-29-15-9-6-10-16-29/h6-24,34-38H,25-28H2,1-5H3/t34-,35-,36+,37-,38-/m1/s1. The topological polar surface area (TPSA) is 78.9 Å². The zero-order chi connectivity index (χ0) is 34.6. The highest BCUT2D eigenvalue weighted by Crippen LogP contribution is 2.54. The van der Waals surface area contributed by atoms with Crippen molar-refractivity contribution in [2.45, 2.75) is 54.6 Å². The molecule has 4 aromatic rings. The van der Waals surface area contributed by atoms with Gasteiger partial charge in [0.1, 0.15) is 24.1 Å². The van der Waals surface area contributed by atoms with Gasteiger partial charge < -0.3 is 23.7 Å². The van der Waals surface area contributed by atoms with E-state index in [0.29, 0.717) is 19.8 Å². The van der Waals surface area contributed by atoms with Crippen molar-refractivity contribution in [3.8, 4) is 5.75 Å². The van der Waals surface area contributed by atoms with Crippen molar-refractivity contribution in [2.24, 2.45) is 0 Å². The highest BCUT2D eigenvalue weighted by atomic mass is 32.2. The summed E-state index contributed by atoms with van der Waals surface area (Å²) in [5.41, 5.74) is 3.09. The van der Waals surface area contributed by atoms with Crippen molar-refractivity contribution in [2.75, 3.05) is 41.9 Å². The lowest BCUT2D eigenvalue weighted by Gasteiger charge is -2.47. The Morgan fingerprint density at radius 2 is 1.16 bits per heavy atom. The molecule has 0 N–H and O–H groups in total. The number of methoxy groups -OCH3 is 1. The minimum atomic E-state index is -3.50. The van der Waals surface area contributed by atoms with Crippen LogP contribution in [0.4, 0.5) is 0 Å². The Bertz CT molecular complexity index is 1570. The minimum absolute atomic E-state index is 0.202. The smallest absolute Gasteiger partial charge is 0.347 e. The van der Waals surface area contributed by atoms with Gasteiger partial charge >= 0.3 is 7.67 Å². The van der Waals surface area contributed by atoms with E-state index in [4.69, 9.17) is 28.2 Å². The molecule has 4 aromatic carbocycles. The number of hydrogen-bond donors (Lipinski definition) is 0. The Morgan fingerprint density at radius 1 is 0.673 bits per heavy atom. The van der Waals surface area contributed by atoms with Crippen LogP contribution < -0.4 is 4.74 Å². The van der Waals surface area contributed by atoms with Crippen LogP contribution in [0.1, 0.15) is 16.7 Å². The van der Waals surface area contributed by atoms with Crippen molar-refractivity contribution in [3.63, 3.8) is 0 Å². The van der Waals surface area contributed by atoms with Crippen LogP contribution in [-0.4, -0.2) is 81.1 Å². The second kappa shape index (κ2) is 18.3. The monoisotopic (exact) mass is 706 g/mol. The normalized spacial score (nSPS) is 21.2. The van der Waals surface area contributed by atoms with Crippen molar-refractivity contribution in [1.82, 2.24) is 9.34 Å². The summed E-state index contributed by atoms with van der Waals surface area (Å²) in [5.74, 6) is 0.748. The van der Waals surface area contributed by atoms with E-state index in [0.717, 1.165) is 27.3 Å². The average Bonchev–Trinajstić information content (AvgIpc) is 3.12. The molecule has 0 unspecified atom stereocenters. The number of nitrogens with zero attached hydrogens (tertiary/aromatic N) is 2. The van der Waals surface area contributed by atoms with Crippen LogP contribution in [0.2, 0.25) is 0 Å². The minimum Gasteiger partial charge on any atom is -0.497 e. The van der Waals surface area contributed by atoms with E-state index in [-0.39, 0.29) is 6.61 Å². The summed E-state index contributed by atoms with van der Waals surface area (Å²) in [6.07, 6.45) is -2.68. The fourth-order valence-corrected chi connectivity index (χ4v) is 8.34. The van der Waals surface area contributed by atoms with Crippen LogP contribution in [0.5, 0.6) is 5.75 Å². The Morgan fingerprint density at radius 3 is 1.65 bits per heavy atom. The molecule has 1 aliphatic rings. The Labute approximate surface area is 295 Å². The zero-order valence-electron chi connectivity index (χ0n) is 28.8. The Balaban J connectivity index is 1.53. The molecule has 0 amide bonds. The molecule has 1 aliphatic heterocycles. The highest BCUT2D eigenvalue weighted by molar-refractivity contribution is 8.00. The van der Waals surface area contributed by atoms with Crippen molar-refractivity contribution < 1.29 is 32.8 Å². The van der Waals surface area contributed by atoms with E-state index in [9.17, 15) is 4.57 Å². The molecule has 0 saturated carbocycles. The van der Waals surface area contributed by atoms with Crippen LogP contribution in [0.3, 0.4) is 0 Å². The molecule has 0 bridgehead atoms. The van der Waals surface area contributed by atoms with E-state index in [1.807, 2.05) is 115 Å². The van der Waals surface area contributed by atoms with E-state index in [1.54, 1.807) is 44.6 Å². The molecular formula is C38H47N2O7PS. The quantitative estimate of drug-likeness (QED) is 0.103. The van der Waals surface area contributed by atoms with Gasteiger partial charge in [0.2, 0.25) is 0 Å². The van der Waals surface area contributed by atoms with Gasteiger partial charge in [0, 0.05) is 4.90 Å². The van der Waals surface area contributed by atoms with E-state index in [2.05, 4.69) is 0 Å². The first-order chi connectivity index (χ1) is 23.8. The zero-order valence-corrected chi connectivity index (χ0v) is 30.5.